The number of pyridine rings is 2. The molecule has 2 aromatic heterocycles. The van der Waals surface area contributed by atoms with Crippen molar-refractivity contribution in [3.63, 3.8) is 0 Å². The molecule has 0 spiro atoms. The molecule has 0 amide bonds. The number of carbonyl (C=O) groups is 1. The number of aromatic hydroxyl groups is 1. The van der Waals surface area contributed by atoms with Crippen molar-refractivity contribution in [3.05, 3.63) is 58.1 Å². The topological polar surface area (TPSA) is 95.7 Å². The maximum atomic E-state index is 14.8. The summed E-state index contributed by atoms with van der Waals surface area (Å²) in [5, 5.41) is 18.8. The number of piperidine rings is 1. The van der Waals surface area contributed by atoms with Gasteiger partial charge in [-0.05, 0) is 49.6 Å². The van der Waals surface area contributed by atoms with Gasteiger partial charge in [0.25, 0.3) is 0 Å². The maximum absolute atomic E-state index is 14.8. The van der Waals surface area contributed by atoms with E-state index >= 15 is 0 Å². The van der Waals surface area contributed by atoms with Crippen molar-refractivity contribution in [1.29, 1.82) is 0 Å². The number of carboxylic acids is 1. The van der Waals surface area contributed by atoms with Gasteiger partial charge in [0, 0.05) is 25.0 Å². The minimum atomic E-state index is -1.40. The Labute approximate surface area is 159 Å². The van der Waals surface area contributed by atoms with Gasteiger partial charge in [0.2, 0.25) is 5.43 Å². The predicted octanol–water partition coefficient (Wildman–Crippen LogP) is 2.92. The number of hydrogen-bond donors (Lipinski definition) is 2. The van der Waals surface area contributed by atoms with E-state index in [2.05, 4.69) is 4.98 Å². The lowest BCUT2D eigenvalue weighted by Gasteiger charge is -2.28. The third kappa shape index (κ3) is 3.06. The molecule has 8 heteroatoms. The zero-order chi connectivity index (χ0) is 19.8. The molecule has 1 aliphatic heterocycles. The summed E-state index contributed by atoms with van der Waals surface area (Å²) < 4.78 is 16.2. The molecule has 0 atom stereocenters. The first kappa shape index (κ1) is 18.0. The van der Waals surface area contributed by atoms with Crippen LogP contribution in [0.15, 0.2) is 41.3 Å². The lowest BCUT2D eigenvalue weighted by molar-refractivity contribution is 0.0695. The molecule has 0 aliphatic carbocycles. The van der Waals surface area contributed by atoms with Gasteiger partial charge in [0.15, 0.2) is 17.3 Å². The molecule has 3 aromatic rings. The fourth-order valence-electron chi connectivity index (χ4n) is 3.50. The maximum Gasteiger partial charge on any atom is 0.341 e. The molecule has 0 radical (unpaired) electrons. The number of phenolic OH excluding ortho intramolecular Hbond substituents is 1. The highest BCUT2D eigenvalue weighted by molar-refractivity contribution is 5.92. The highest BCUT2D eigenvalue weighted by atomic mass is 19.1. The number of carboxylic acid groups (broad SMARTS) is 1. The molecule has 2 N–H and O–H groups in total. The summed E-state index contributed by atoms with van der Waals surface area (Å²) in [4.78, 5) is 30.4. The van der Waals surface area contributed by atoms with Gasteiger partial charge in [-0.2, -0.15) is 0 Å². The highest BCUT2D eigenvalue weighted by Crippen LogP contribution is 2.26. The smallest absolute Gasteiger partial charge is 0.341 e. The van der Waals surface area contributed by atoms with Crippen LogP contribution in [0.5, 0.6) is 5.75 Å². The fourth-order valence-corrected chi connectivity index (χ4v) is 3.50. The van der Waals surface area contributed by atoms with Gasteiger partial charge in [0.1, 0.15) is 11.3 Å². The minimum Gasteiger partial charge on any atom is -0.508 e. The Morgan fingerprint density at radius 3 is 2.43 bits per heavy atom. The third-order valence-corrected chi connectivity index (χ3v) is 4.93. The molecule has 1 fully saturated rings. The van der Waals surface area contributed by atoms with E-state index in [0.29, 0.717) is 18.8 Å². The lowest BCUT2D eigenvalue weighted by Crippen LogP contribution is -2.31. The highest BCUT2D eigenvalue weighted by Gasteiger charge is 2.22. The average Bonchev–Trinajstić information content (AvgIpc) is 2.69. The number of aromatic carboxylic acids is 1. The fraction of sp³-hybridized carbons (Fsp3) is 0.250. The van der Waals surface area contributed by atoms with E-state index in [1.807, 2.05) is 4.90 Å². The van der Waals surface area contributed by atoms with Crippen LogP contribution in [0, 0.1) is 5.82 Å². The summed E-state index contributed by atoms with van der Waals surface area (Å²) >= 11 is 0. The number of fused-ring (bicyclic) bond motifs is 1. The van der Waals surface area contributed by atoms with Crippen LogP contribution in [-0.2, 0) is 0 Å². The van der Waals surface area contributed by atoms with Gasteiger partial charge in [-0.1, -0.05) is 0 Å². The minimum absolute atomic E-state index is 0.0422. The third-order valence-electron chi connectivity index (χ3n) is 4.93. The van der Waals surface area contributed by atoms with Crippen molar-refractivity contribution in [2.45, 2.75) is 19.3 Å². The van der Waals surface area contributed by atoms with Crippen LogP contribution in [0.4, 0.5) is 10.2 Å². The quantitative estimate of drug-likeness (QED) is 0.722. The van der Waals surface area contributed by atoms with Crippen LogP contribution >= 0.6 is 0 Å². The molecule has 0 unspecified atom stereocenters. The summed E-state index contributed by atoms with van der Waals surface area (Å²) in [7, 11) is 0. The molecule has 1 saturated heterocycles. The largest absolute Gasteiger partial charge is 0.508 e. The van der Waals surface area contributed by atoms with Crippen LogP contribution < -0.4 is 10.3 Å². The van der Waals surface area contributed by atoms with Crippen LogP contribution in [0.25, 0.3) is 16.7 Å². The first-order valence-corrected chi connectivity index (χ1v) is 8.99. The average molecular weight is 383 g/mol. The normalized spacial score (nSPS) is 14.4. The standard InChI is InChI=1S/C20H18FN3O4/c21-16-10-14-17(26)15(20(27)28)11-24(12-4-6-13(25)7-5-12)18(14)22-19(16)23-8-2-1-3-9-23/h4-7,10-11,25H,1-3,8-9H2,(H,27,28). The molecular formula is C20H18FN3O4. The molecule has 0 bridgehead atoms. The van der Waals surface area contributed by atoms with E-state index in [1.54, 1.807) is 12.1 Å². The number of anilines is 1. The van der Waals surface area contributed by atoms with E-state index in [0.717, 1.165) is 25.3 Å². The molecule has 0 saturated carbocycles. The van der Waals surface area contributed by atoms with Crippen LogP contribution in [0.1, 0.15) is 29.6 Å². The number of nitrogens with zero attached hydrogens (tertiary/aromatic N) is 3. The molecule has 4 rings (SSSR count). The van der Waals surface area contributed by atoms with E-state index in [9.17, 15) is 24.2 Å². The van der Waals surface area contributed by atoms with Crippen LogP contribution in [0.3, 0.4) is 0 Å². The SMILES string of the molecule is O=C(O)c1cn(-c2ccc(O)cc2)c2nc(N3CCCCC3)c(F)cc2c1=O. The zero-order valence-corrected chi connectivity index (χ0v) is 14.9. The number of halogens is 1. The van der Waals surface area contributed by atoms with Crippen molar-refractivity contribution < 1.29 is 19.4 Å². The van der Waals surface area contributed by atoms with Crippen molar-refractivity contribution >= 4 is 22.8 Å². The molecular weight excluding hydrogens is 365 g/mol. The second-order valence-electron chi connectivity index (χ2n) is 6.78. The van der Waals surface area contributed by atoms with Gasteiger partial charge < -0.3 is 19.7 Å². The Bertz CT molecular complexity index is 1120. The summed E-state index contributed by atoms with van der Waals surface area (Å²) in [6.45, 7) is 1.35. The van der Waals surface area contributed by atoms with Crippen molar-refractivity contribution in [2.24, 2.45) is 0 Å². The Hall–Kier alpha value is -3.42. The second kappa shape index (κ2) is 6.95. The van der Waals surface area contributed by atoms with Crippen LogP contribution in [0.2, 0.25) is 0 Å². The van der Waals surface area contributed by atoms with Crippen molar-refractivity contribution in [3.8, 4) is 11.4 Å². The number of rotatable bonds is 3. The summed E-state index contributed by atoms with van der Waals surface area (Å²) in [6, 6.07) is 7.08. The lowest BCUT2D eigenvalue weighted by atomic mass is 10.1. The number of aromatic nitrogens is 2. The number of hydrogen-bond acceptors (Lipinski definition) is 5. The molecule has 28 heavy (non-hydrogen) atoms. The molecule has 7 nitrogen and oxygen atoms in total. The Morgan fingerprint density at radius 2 is 1.79 bits per heavy atom. The zero-order valence-electron chi connectivity index (χ0n) is 14.9. The first-order valence-electron chi connectivity index (χ1n) is 8.99. The van der Waals surface area contributed by atoms with E-state index in [4.69, 9.17) is 0 Å². The van der Waals surface area contributed by atoms with Crippen LogP contribution in [-0.4, -0.2) is 38.8 Å². The predicted molar refractivity (Wildman–Crippen MR) is 102 cm³/mol. The second-order valence-corrected chi connectivity index (χ2v) is 6.78. The Kier molecular flexibility index (Phi) is 4.46. The monoisotopic (exact) mass is 383 g/mol. The van der Waals surface area contributed by atoms with Gasteiger partial charge >= 0.3 is 5.97 Å². The summed E-state index contributed by atoms with van der Waals surface area (Å²) in [6.07, 6.45) is 4.12. The number of benzene rings is 1. The molecule has 3 heterocycles. The van der Waals surface area contributed by atoms with E-state index < -0.39 is 22.8 Å². The van der Waals surface area contributed by atoms with Gasteiger partial charge in [0.05, 0.1) is 5.39 Å². The van der Waals surface area contributed by atoms with Gasteiger partial charge in [-0.25, -0.2) is 14.2 Å². The summed E-state index contributed by atoms with van der Waals surface area (Å²) in [5.41, 5.74) is -0.599. The van der Waals surface area contributed by atoms with Crippen molar-refractivity contribution in [2.75, 3.05) is 18.0 Å². The molecule has 1 aliphatic rings. The molecule has 144 valence electrons. The van der Waals surface area contributed by atoms with Crippen molar-refractivity contribution in [1.82, 2.24) is 9.55 Å². The Balaban J connectivity index is 2.01. The van der Waals surface area contributed by atoms with Gasteiger partial charge in [-0.3, -0.25) is 4.79 Å². The van der Waals surface area contributed by atoms with E-state index in [-0.39, 0.29) is 22.6 Å². The summed E-state index contributed by atoms with van der Waals surface area (Å²) in [5.74, 6) is -1.85. The van der Waals surface area contributed by atoms with Gasteiger partial charge in [-0.15, -0.1) is 0 Å². The number of phenols is 1. The van der Waals surface area contributed by atoms with E-state index in [1.165, 1.54) is 22.9 Å². The first-order chi connectivity index (χ1) is 13.5. The Morgan fingerprint density at radius 1 is 1.11 bits per heavy atom. The molecule has 1 aromatic carbocycles.